The van der Waals surface area contributed by atoms with Crippen molar-refractivity contribution in [3.63, 3.8) is 0 Å². The van der Waals surface area contributed by atoms with Crippen LogP contribution in [0.2, 0.25) is 0 Å². The number of ketones is 2. The summed E-state index contributed by atoms with van der Waals surface area (Å²) in [6, 6.07) is 0. The molecular weight excluding hydrogens is 480 g/mol. The topological polar surface area (TPSA) is 225 Å². The Bertz CT molecular complexity index is 831. The van der Waals surface area contributed by atoms with Gasteiger partial charge >= 0.3 is 11.9 Å². The zero-order chi connectivity index (χ0) is 25.5. The number of rotatable bonds is 14. The van der Waals surface area contributed by atoms with Gasteiger partial charge in [0.05, 0.1) is 45.2 Å². The molecule has 0 aromatic rings. The number of hydrogen-bond acceptors (Lipinski definition) is 13. The molecular formula is C16H28O14S2. The second-order valence-electron chi connectivity index (χ2n) is 6.19. The summed E-state index contributed by atoms with van der Waals surface area (Å²) < 4.78 is 64.5. The molecule has 0 radical (unpaired) electrons. The molecule has 0 aliphatic carbocycles. The lowest BCUT2D eigenvalue weighted by molar-refractivity contribution is -0.146. The zero-order valence-corrected chi connectivity index (χ0v) is 19.4. The number of Topliss-reactive ketones (excluding diaryl/α,β-unsaturated/α-hetero) is 2. The Balaban J connectivity index is 0. The van der Waals surface area contributed by atoms with E-state index in [4.69, 9.17) is 14.8 Å². The van der Waals surface area contributed by atoms with E-state index in [0.717, 1.165) is 21.3 Å². The van der Waals surface area contributed by atoms with E-state index in [0.29, 0.717) is 0 Å². The van der Waals surface area contributed by atoms with E-state index in [1.165, 1.54) is 0 Å². The van der Waals surface area contributed by atoms with Crippen molar-refractivity contribution in [2.24, 2.45) is 11.8 Å². The predicted molar refractivity (Wildman–Crippen MR) is 106 cm³/mol. The first-order valence-corrected chi connectivity index (χ1v) is 12.0. The molecule has 0 saturated carbocycles. The standard InChI is InChI=1S/2C8H14O7S/c1-14-8(11)6(3-7(10)4-9)5-16(12,13)15-2;1-15-8(11)4-6(7(10)5-9)2-3-16(12,13)14/h6,9H,3-5H2,1-2H3;6,9H,2-5H2,1H3,(H,12,13,14). The van der Waals surface area contributed by atoms with Crippen LogP contribution >= 0.6 is 0 Å². The second-order valence-corrected chi connectivity index (χ2v) is 9.54. The highest BCUT2D eigenvalue weighted by atomic mass is 32.2. The Morgan fingerprint density at radius 3 is 1.78 bits per heavy atom. The number of esters is 2. The minimum Gasteiger partial charge on any atom is -0.469 e. The van der Waals surface area contributed by atoms with Gasteiger partial charge in [0, 0.05) is 12.3 Å². The van der Waals surface area contributed by atoms with Gasteiger partial charge in [-0.15, -0.1) is 0 Å². The normalized spacial score (nSPS) is 13.2. The van der Waals surface area contributed by atoms with Crippen LogP contribution in [-0.2, 0) is 53.1 Å². The van der Waals surface area contributed by atoms with E-state index < -0.39 is 86.7 Å². The van der Waals surface area contributed by atoms with Crippen molar-refractivity contribution in [2.45, 2.75) is 19.3 Å². The fourth-order valence-corrected chi connectivity index (χ4v) is 3.58. The molecule has 16 heteroatoms. The minimum atomic E-state index is -4.19. The van der Waals surface area contributed by atoms with E-state index in [9.17, 15) is 36.0 Å². The molecule has 2 unspecified atom stereocenters. The van der Waals surface area contributed by atoms with Crippen LogP contribution in [0.25, 0.3) is 0 Å². The van der Waals surface area contributed by atoms with Crippen molar-refractivity contribution < 1.29 is 64.4 Å². The summed E-state index contributed by atoms with van der Waals surface area (Å²) in [7, 11) is -4.88. The molecule has 0 spiro atoms. The summed E-state index contributed by atoms with van der Waals surface area (Å²) in [4.78, 5) is 44.1. The molecule has 0 rings (SSSR count). The highest BCUT2D eigenvalue weighted by Gasteiger charge is 2.28. The van der Waals surface area contributed by atoms with Crippen molar-refractivity contribution in [3.8, 4) is 0 Å². The van der Waals surface area contributed by atoms with Gasteiger partial charge in [0.25, 0.3) is 20.2 Å². The SMILES string of the molecule is COC(=O)C(CC(=O)CO)CS(=O)(=O)OC.COC(=O)CC(CCS(=O)(=O)O)C(=O)CO. The van der Waals surface area contributed by atoms with Gasteiger partial charge in [-0.3, -0.25) is 27.9 Å². The molecule has 32 heavy (non-hydrogen) atoms. The second kappa shape index (κ2) is 15.8. The number of carbonyl (C=O) groups is 4. The maximum absolute atomic E-state index is 11.2. The molecule has 0 bridgehead atoms. The molecule has 0 aliphatic rings. The molecule has 0 aromatic heterocycles. The summed E-state index contributed by atoms with van der Waals surface area (Å²) >= 11 is 0. The van der Waals surface area contributed by atoms with Crippen LogP contribution < -0.4 is 0 Å². The minimum absolute atomic E-state index is 0.229. The van der Waals surface area contributed by atoms with Crippen molar-refractivity contribution >= 4 is 43.7 Å². The highest BCUT2D eigenvalue weighted by molar-refractivity contribution is 7.86. The van der Waals surface area contributed by atoms with Crippen molar-refractivity contribution in [2.75, 3.05) is 46.0 Å². The first-order valence-electron chi connectivity index (χ1n) is 8.80. The molecule has 0 aliphatic heterocycles. The Labute approximate surface area is 185 Å². The van der Waals surface area contributed by atoms with Gasteiger partial charge in [0.2, 0.25) is 0 Å². The predicted octanol–water partition coefficient (Wildman–Crippen LogP) is -2.29. The van der Waals surface area contributed by atoms with Gasteiger partial charge in [-0.05, 0) is 6.42 Å². The van der Waals surface area contributed by atoms with Crippen molar-refractivity contribution in [3.05, 3.63) is 0 Å². The lowest BCUT2D eigenvalue weighted by atomic mass is 9.98. The summed E-state index contributed by atoms with van der Waals surface area (Å²) in [6.45, 7) is -1.53. The number of methoxy groups -OCH3 is 2. The molecule has 0 amide bonds. The average molecular weight is 509 g/mol. The first-order chi connectivity index (χ1) is 14.7. The Morgan fingerprint density at radius 2 is 1.41 bits per heavy atom. The summed E-state index contributed by atoms with van der Waals surface area (Å²) in [5.41, 5.74) is 0. The van der Waals surface area contributed by atoms with E-state index >= 15 is 0 Å². The van der Waals surface area contributed by atoms with Crippen LogP contribution in [0.15, 0.2) is 0 Å². The third kappa shape index (κ3) is 15.8. The van der Waals surface area contributed by atoms with Crippen molar-refractivity contribution in [1.29, 1.82) is 0 Å². The molecule has 188 valence electrons. The fraction of sp³-hybridized carbons (Fsp3) is 0.750. The molecule has 2 atom stereocenters. The lowest BCUT2D eigenvalue weighted by Gasteiger charge is -2.12. The van der Waals surface area contributed by atoms with Gasteiger partial charge in [0.15, 0.2) is 11.6 Å². The largest absolute Gasteiger partial charge is 0.469 e. The van der Waals surface area contributed by atoms with Crippen LogP contribution in [0.4, 0.5) is 0 Å². The quantitative estimate of drug-likeness (QED) is 0.127. The molecule has 0 aromatic carbocycles. The zero-order valence-electron chi connectivity index (χ0n) is 17.8. The maximum Gasteiger partial charge on any atom is 0.310 e. The van der Waals surface area contributed by atoms with Crippen LogP contribution in [0.3, 0.4) is 0 Å². The number of hydrogen-bond donors (Lipinski definition) is 3. The van der Waals surface area contributed by atoms with Crippen LogP contribution in [0.1, 0.15) is 19.3 Å². The van der Waals surface area contributed by atoms with Gasteiger partial charge in [-0.2, -0.15) is 16.8 Å². The Morgan fingerprint density at radius 1 is 0.844 bits per heavy atom. The summed E-state index contributed by atoms with van der Waals surface area (Å²) in [5, 5.41) is 17.1. The van der Waals surface area contributed by atoms with E-state index in [-0.39, 0.29) is 12.8 Å². The van der Waals surface area contributed by atoms with Crippen molar-refractivity contribution in [1.82, 2.24) is 0 Å². The molecule has 3 N–H and O–H groups in total. The lowest BCUT2D eigenvalue weighted by Crippen LogP contribution is -2.28. The molecule has 0 heterocycles. The van der Waals surface area contributed by atoms with Crippen LogP contribution in [0, 0.1) is 11.8 Å². The Hall–Kier alpha value is -1.98. The average Bonchev–Trinajstić information content (AvgIpc) is 2.74. The van der Waals surface area contributed by atoms with Crippen LogP contribution in [0.5, 0.6) is 0 Å². The van der Waals surface area contributed by atoms with Gasteiger partial charge in [0.1, 0.15) is 13.2 Å². The third-order valence-electron chi connectivity index (χ3n) is 3.82. The highest BCUT2D eigenvalue weighted by Crippen LogP contribution is 2.13. The number of ether oxygens (including phenoxy) is 2. The van der Waals surface area contributed by atoms with E-state index in [1.807, 2.05) is 0 Å². The smallest absolute Gasteiger partial charge is 0.310 e. The number of aliphatic hydroxyl groups is 2. The summed E-state index contributed by atoms with van der Waals surface area (Å²) in [5.74, 6) is -6.21. The third-order valence-corrected chi connectivity index (χ3v) is 5.89. The molecule has 0 fully saturated rings. The Kier molecular flexibility index (Phi) is 15.9. The van der Waals surface area contributed by atoms with Gasteiger partial charge in [-0.1, -0.05) is 0 Å². The number of aliphatic hydroxyl groups excluding tert-OH is 2. The van der Waals surface area contributed by atoms with Crippen LogP contribution in [-0.4, -0.2) is 101 Å². The first kappa shape index (κ1) is 32.2. The van der Waals surface area contributed by atoms with E-state index in [2.05, 4.69) is 13.7 Å². The fourth-order valence-electron chi connectivity index (χ4n) is 2.11. The molecule has 14 nitrogen and oxygen atoms in total. The summed E-state index contributed by atoms with van der Waals surface area (Å²) in [6.07, 6.45) is -0.940. The maximum atomic E-state index is 11.2. The monoisotopic (exact) mass is 508 g/mol. The molecule has 0 saturated heterocycles. The van der Waals surface area contributed by atoms with Gasteiger partial charge < -0.3 is 19.7 Å². The van der Waals surface area contributed by atoms with Gasteiger partial charge in [-0.25, -0.2) is 0 Å². The van der Waals surface area contributed by atoms with E-state index in [1.54, 1.807) is 0 Å². The number of carbonyl (C=O) groups excluding carboxylic acids is 4.